The molecule has 0 fully saturated rings. The first-order valence-electron chi connectivity index (χ1n) is 10.3. The number of aromatic nitrogens is 1. The summed E-state index contributed by atoms with van der Waals surface area (Å²) in [6, 6.07) is 7.00. The molecule has 0 aliphatic carbocycles. The predicted octanol–water partition coefficient (Wildman–Crippen LogP) is 3.05. The monoisotopic (exact) mass is 413 g/mol. The van der Waals surface area contributed by atoms with Gasteiger partial charge in [0.1, 0.15) is 17.5 Å². The number of ether oxygens (including phenoxy) is 1. The molecule has 0 saturated carbocycles. The Labute approximate surface area is 176 Å². The molecule has 2 atom stereocenters. The first-order chi connectivity index (χ1) is 14.1. The summed E-state index contributed by atoms with van der Waals surface area (Å²) in [5.74, 6) is 0.654. The van der Waals surface area contributed by atoms with E-state index in [-0.39, 0.29) is 5.91 Å². The van der Waals surface area contributed by atoms with Crippen LogP contribution in [0.4, 0.5) is 4.79 Å². The van der Waals surface area contributed by atoms with Crippen molar-refractivity contribution in [1.82, 2.24) is 21.2 Å². The number of aromatic amines is 1. The largest absolute Gasteiger partial charge is 0.444 e. The molecular formula is C22H31N5O3. The third-order valence-electron chi connectivity index (χ3n) is 4.73. The molecule has 1 aliphatic heterocycles. The molecule has 162 valence electrons. The number of rotatable bonds is 6. The summed E-state index contributed by atoms with van der Waals surface area (Å²) in [6.07, 6.45) is 2.51. The zero-order chi connectivity index (χ0) is 21.9. The van der Waals surface area contributed by atoms with E-state index in [2.05, 4.69) is 26.1 Å². The molecule has 1 unspecified atom stereocenters. The van der Waals surface area contributed by atoms with Gasteiger partial charge in [-0.05, 0) is 44.7 Å². The van der Waals surface area contributed by atoms with Gasteiger partial charge in [0.05, 0.1) is 6.04 Å². The molecule has 2 amide bonds. The second-order valence-corrected chi connectivity index (χ2v) is 9.04. The molecule has 8 heteroatoms. The second kappa shape index (κ2) is 8.77. The maximum Gasteiger partial charge on any atom is 0.408 e. The highest BCUT2D eigenvalue weighted by molar-refractivity contribution is 5.98. The van der Waals surface area contributed by atoms with Crippen molar-refractivity contribution in [3.63, 3.8) is 0 Å². The molecule has 0 radical (unpaired) electrons. The van der Waals surface area contributed by atoms with Crippen LogP contribution in [0.15, 0.2) is 35.5 Å². The van der Waals surface area contributed by atoms with Crippen molar-refractivity contribution in [2.75, 3.05) is 0 Å². The van der Waals surface area contributed by atoms with E-state index < -0.39 is 23.8 Å². The fraction of sp³-hybridized carbons (Fsp3) is 0.500. The first kappa shape index (κ1) is 21.7. The summed E-state index contributed by atoms with van der Waals surface area (Å²) in [6.45, 7) is 9.54. The second-order valence-electron chi connectivity index (χ2n) is 9.04. The summed E-state index contributed by atoms with van der Waals surface area (Å²) in [5, 5.41) is 3.99. The molecule has 1 aromatic carbocycles. The number of hydrazine groups is 1. The molecule has 2 aromatic rings. The van der Waals surface area contributed by atoms with E-state index in [1.54, 1.807) is 0 Å². The van der Waals surface area contributed by atoms with E-state index in [1.165, 1.54) is 0 Å². The van der Waals surface area contributed by atoms with Crippen molar-refractivity contribution in [3.8, 4) is 0 Å². The van der Waals surface area contributed by atoms with Crippen LogP contribution in [-0.4, -0.2) is 40.5 Å². The Hall–Kier alpha value is -3.03. The van der Waals surface area contributed by atoms with E-state index in [4.69, 9.17) is 4.74 Å². The molecule has 2 heterocycles. The fourth-order valence-electron chi connectivity index (χ4n) is 3.44. The van der Waals surface area contributed by atoms with E-state index in [0.29, 0.717) is 24.6 Å². The molecule has 0 bridgehead atoms. The number of nitrogens with one attached hydrogen (secondary N) is 4. The van der Waals surface area contributed by atoms with Crippen molar-refractivity contribution >= 4 is 28.7 Å². The third kappa shape index (κ3) is 5.52. The highest BCUT2D eigenvalue weighted by Gasteiger charge is 2.30. The highest BCUT2D eigenvalue weighted by Crippen LogP contribution is 2.20. The predicted molar refractivity (Wildman–Crippen MR) is 117 cm³/mol. The third-order valence-corrected chi connectivity index (χ3v) is 4.73. The number of aliphatic imine (C=N–C) groups is 1. The lowest BCUT2D eigenvalue weighted by atomic mass is 10.0. The number of nitrogens with zero attached hydrogens (tertiary/aromatic N) is 1. The maximum absolute atomic E-state index is 12.5. The van der Waals surface area contributed by atoms with Crippen molar-refractivity contribution in [3.05, 3.63) is 36.0 Å². The van der Waals surface area contributed by atoms with Gasteiger partial charge < -0.3 is 15.0 Å². The Morgan fingerprint density at radius 1 is 1.23 bits per heavy atom. The summed E-state index contributed by atoms with van der Waals surface area (Å²) < 4.78 is 5.45. The normalized spacial score (nSPS) is 17.9. The van der Waals surface area contributed by atoms with Crippen molar-refractivity contribution < 1.29 is 14.3 Å². The molecule has 3 rings (SSSR count). The number of benzene rings is 1. The van der Waals surface area contributed by atoms with Crippen molar-refractivity contribution in [1.29, 1.82) is 0 Å². The Morgan fingerprint density at radius 2 is 1.97 bits per heavy atom. The molecule has 1 aliphatic rings. The number of carbonyl (C=O) groups excluding carboxylic acids is 2. The van der Waals surface area contributed by atoms with Gasteiger partial charge >= 0.3 is 6.09 Å². The number of amidine groups is 1. The van der Waals surface area contributed by atoms with Gasteiger partial charge in [0, 0.05) is 23.5 Å². The van der Waals surface area contributed by atoms with Crippen molar-refractivity contribution in [2.24, 2.45) is 10.9 Å². The zero-order valence-electron chi connectivity index (χ0n) is 18.2. The number of alkyl carbamates (subject to hydrolysis) is 1. The Bertz CT molecular complexity index is 942. The van der Waals surface area contributed by atoms with E-state index in [1.807, 2.05) is 65.1 Å². The minimum Gasteiger partial charge on any atom is -0.444 e. The Morgan fingerprint density at radius 3 is 2.67 bits per heavy atom. The molecule has 1 aromatic heterocycles. The molecule has 4 N–H and O–H groups in total. The van der Waals surface area contributed by atoms with Gasteiger partial charge in [-0.3, -0.25) is 20.6 Å². The number of hydrogen-bond donors (Lipinski definition) is 4. The van der Waals surface area contributed by atoms with Gasteiger partial charge in [-0.25, -0.2) is 4.79 Å². The number of para-hydroxylation sites is 1. The minimum absolute atomic E-state index is 0.171. The topological polar surface area (TPSA) is 108 Å². The number of hydrogen-bond acceptors (Lipinski definition) is 5. The molecule has 8 nitrogen and oxygen atoms in total. The van der Waals surface area contributed by atoms with Crippen LogP contribution in [0.5, 0.6) is 0 Å². The van der Waals surface area contributed by atoms with Crippen LogP contribution >= 0.6 is 0 Å². The molecule has 30 heavy (non-hydrogen) atoms. The van der Waals surface area contributed by atoms with Crippen LogP contribution in [-0.2, 0) is 16.0 Å². The fourth-order valence-corrected chi connectivity index (χ4v) is 3.44. The number of amides is 2. The van der Waals surface area contributed by atoms with E-state index in [9.17, 15) is 9.59 Å². The van der Waals surface area contributed by atoms with Crippen LogP contribution in [0.2, 0.25) is 0 Å². The lowest BCUT2D eigenvalue weighted by Crippen LogP contribution is -2.59. The van der Waals surface area contributed by atoms with Crippen LogP contribution in [0, 0.1) is 5.92 Å². The minimum atomic E-state index is -0.619. The SMILES string of the molecule is CC(C)C[C@@H]1N=C(C(Cc2c[nH]c3ccccc23)NC(=O)OC(C)(C)C)NNC1=O. The average Bonchev–Trinajstić information content (AvgIpc) is 3.04. The summed E-state index contributed by atoms with van der Waals surface area (Å²) in [5.41, 5.74) is 7.00. The van der Waals surface area contributed by atoms with Crippen LogP contribution in [0.1, 0.15) is 46.6 Å². The number of carbonyl (C=O) groups is 2. The summed E-state index contributed by atoms with van der Waals surface area (Å²) in [7, 11) is 0. The average molecular weight is 414 g/mol. The maximum atomic E-state index is 12.5. The summed E-state index contributed by atoms with van der Waals surface area (Å²) in [4.78, 5) is 32.6. The van der Waals surface area contributed by atoms with Crippen LogP contribution < -0.4 is 16.2 Å². The lowest BCUT2D eigenvalue weighted by Gasteiger charge is -2.29. The number of H-pyrrole nitrogens is 1. The molecule has 0 spiro atoms. The van der Waals surface area contributed by atoms with E-state index in [0.717, 1.165) is 16.5 Å². The van der Waals surface area contributed by atoms with Gasteiger partial charge in [-0.2, -0.15) is 0 Å². The standard InChI is InChI=1S/C22H31N5O3/c1-13(2)10-18-20(28)27-26-19(24-18)17(25-21(29)30-22(3,4)5)11-14-12-23-16-9-7-6-8-15(14)16/h6-9,12-13,17-18,23H,10-11H2,1-5H3,(H,24,26)(H,25,29)(H,27,28)/t17?,18-/m0/s1. The Balaban J connectivity index is 1.88. The molecule has 0 saturated heterocycles. The van der Waals surface area contributed by atoms with Crippen LogP contribution in [0.25, 0.3) is 10.9 Å². The summed E-state index contributed by atoms with van der Waals surface area (Å²) >= 11 is 0. The van der Waals surface area contributed by atoms with Crippen molar-refractivity contribution in [2.45, 2.75) is 65.1 Å². The number of fused-ring (bicyclic) bond motifs is 1. The van der Waals surface area contributed by atoms with Gasteiger partial charge in [-0.15, -0.1) is 0 Å². The van der Waals surface area contributed by atoms with E-state index >= 15 is 0 Å². The van der Waals surface area contributed by atoms with Crippen LogP contribution in [0.3, 0.4) is 0 Å². The van der Waals surface area contributed by atoms with Gasteiger partial charge in [-0.1, -0.05) is 32.0 Å². The first-order valence-corrected chi connectivity index (χ1v) is 10.3. The molecular weight excluding hydrogens is 382 g/mol. The lowest BCUT2D eigenvalue weighted by molar-refractivity contribution is -0.123. The Kier molecular flexibility index (Phi) is 6.34. The van der Waals surface area contributed by atoms with Gasteiger partial charge in [0.25, 0.3) is 5.91 Å². The smallest absolute Gasteiger partial charge is 0.408 e. The highest BCUT2D eigenvalue weighted by atomic mass is 16.6. The van der Waals surface area contributed by atoms with Gasteiger partial charge in [0.15, 0.2) is 0 Å². The zero-order valence-corrected chi connectivity index (χ0v) is 18.2. The quantitative estimate of drug-likeness (QED) is 0.584. The van der Waals surface area contributed by atoms with Gasteiger partial charge in [0.2, 0.25) is 0 Å².